The molecule has 0 aliphatic rings. The summed E-state index contributed by atoms with van der Waals surface area (Å²) in [5.41, 5.74) is -7.61. The fourth-order valence-electron chi connectivity index (χ4n) is 2.73. The van der Waals surface area contributed by atoms with Crippen molar-refractivity contribution in [3.63, 3.8) is 0 Å². The van der Waals surface area contributed by atoms with Crippen LogP contribution in [0.5, 0.6) is 11.5 Å². The van der Waals surface area contributed by atoms with Crippen molar-refractivity contribution in [3.8, 4) is 11.5 Å². The first-order valence-electron chi connectivity index (χ1n) is 7.49. The van der Waals surface area contributed by atoms with Crippen LogP contribution in [0.4, 0.5) is 34.1 Å². The first kappa shape index (κ1) is 24.6. The number of benzene rings is 2. The van der Waals surface area contributed by atoms with Crippen LogP contribution < -0.4 is 8.37 Å². The highest BCUT2D eigenvalue weighted by molar-refractivity contribution is 7.82. The van der Waals surface area contributed by atoms with Crippen LogP contribution in [0, 0.1) is 0 Å². The van der Waals surface area contributed by atoms with Gasteiger partial charge < -0.3 is 8.37 Å². The Hall–Kier alpha value is -2.62. The zero-order chi connectivity index (χ0) is 23.9. The van der Waals surface area contributed by atoms with Crippen LogP contribution >= 0.6 is 0 Å². The van der Waals surface area contributed by atoms with Crippen LogP contribution in [0.3, 0.4) is 0 Å². The fraction of sp³-hybridized carbons (Fsp3) is 0.200. The summed E-state index contributed by atoms with van der Waals surface area (Å²) in [6.45, 7) is 0. The molecule has 0 saturated carbocycles. The van der Waals surface area contributed by atoms with Gasteiger partial charge in [-0.05, 0) is 35.4 Å². The summed E-state index contributed by atoms with van der Waals surface area (Å²) in [5.74, 6) is -1.80. The van der Waals surface area contributed by atoms with Crippen molar-refractivity contribution in [3.05, 3.63) is 59.7 Å². The summed E-state index contributed by atoms with van der Waals surface area (Å²) in [6.07, 6.45) is -12.1. The molecule has 0 atom stereocenters. The van der Waals surface area contributed by atoms with E-state index < -0.39 is 61.4 Å². The van der Waals surface area contributed by atoms with Crippen molar-refractivity contribution in [2.24, 2.45) is 0 Å². The van der Waals surface area contributed by atoms with E-state index in [9.17, 15) is 50.9 Å². The zero-order valence-electron chi connectivity index (χ0n) is 14.4. The maximum Gasteiger partial charge on any atom is 0.488 e. The van der Waals surface area contributed by atoms with Crippen LogP contribution in [0.15, 0.2) is 48.5 Å². The monoisotopic (exact) mass is 500 g/mol. The summed E-state index contributed by atoms with van der Waals surface area (Å²) in [4.78, 5) is 0. The second-order valence-corrected chi connectivity index (χ2v) is 7.65. The third-order valence-electron chi connectivity index (χ3n) is 3.82. The topological polar surface area (TPSA) is 86.7 Å². The lowest BCUT2D eigenvalue weighted by atomic mass is 9.73. The van der Waals surface area contributed by atoms with Gasteiger partial charge in [-0.2, -0.15) is 43.2 Å². The molecule has 0 aliphatic carbocycles. The second-order valence-electron chi connectivity index (χ2n) is 5.75. The second kappa shape index (κ2) is 7.81. The summed E-state index contributed by atoms with van der Waals surface area (Å²) in [5, 5.41) is 0. The Balaban J connectivity index is 2.71. The molecule has 0 spiro atoms. The molecule has 16 heteroatoms. The van der Waals surface area contributed by atoms with Crippen molar-refractivity contribution in [2.75, 3.05) is 0 Å². The summed E-state index contributed by atoms with van der Waals surface area (Å²) >= 11 is 0. The van der Waals surface area contributed by atoms with Gasteiger partial charge in [0.15, 0.2) is 0 Å². The highest BCUT2D eigenvalue weighted by atomic mass is 32.3. The number of alkyl halides is 6. The van der Waals surface area contributed by atoms with Crippen molar-refractivity contribution in [1.82, 2.24) is 0 Å². The molecule has 2 aromatic rings. The van der Waals surface area contributed by atoms with E-state index in [2.05, 4.69) is 8.37 Å². The van der Waals surface area contributed by atoms with E-state index >= 15 is 0 Å². The predicted octanol–water partition coefficient (Wildman–Crippen LogP) is 4.28. The minimum atomic E-state index is -6.03. The summed E-state index contributed by atoms with van der Waals surface area (Å²) in [6, 6.07) is 2.35. The van der Waals surface area contributed by atoms with Crippen molar-refractivity contribution in [1.29, 1.82) is 0 Å². The van der Waals surface area contributed by atoms with Gasteiger partial charge in [-0.25, -0.2) is 0 Å². The van der Waals surface area contributed by atoms with Crippen molar-refractivity contribution in [2.45, 2.75) is 17.8 Å². The summed E-state index contributed by atoms with van der Waals surface area (Å²) in [7, 11) is -11.2. The molecule has 0 fully saturated rings. The van der Waals surface area contributed by atoms with Crippen molar-refractivity contribution >= 4 is 21.0 Å². The number of hydrogen-bond acceptors (Lipinski definition) is 6. The van der Waals surface area contributed by atoms with Crippen LogP contribution in [-0.4, -0.2) is 29.2 Å². The maximum atomic E-state index is 13.9. The molecular formula is C15H8F8O6S2. The van der Waals surface area contributed by atoms with Crippen molar-refractivity contribution < 1.29 is 59.3 Å². The standard InChI is InChI=1S/C15H8F8O6S2/c16-14(17,18)13(15(19,20)21,9-1-5-11(6-2-9)28-30(22,24)25)10-3-7-12(8-4-10)29-31(23,26)27/h1-8H. The van der Waals surface area contributed by atoms with Gasteiger partial charge in [-0.3, -0.25) is 0 Å². The molecule has 0 aromatic heterocycles. The van der Waals surface area contributed by atoms with Crippen LogP contribution in [0.1, 0.15) is 11.1 Å². The lowest BCUT2D eigenvalue weighted by Crippen LogP contribution is -2.54. The summed E-state index contributed by atoms with van der Waals surface area (Å²) < 4.78 is 158. The quantitative estimate of drug-likeness (QED) is 0.435. The smallest absolute Gasteiger partial charge is 0.358 e. The molecule has 0 N–H and O–H groups in total. The largest absolute Gasteiger partial charge is 0.488 e. The molecule has 6 nitrogen and oxygen atoms in total. The van der Waals surface area contributed by atoms with E-state index in [4.69, 9.17) is 0 Å². The molecule has 0 radical (unpaired) electrons. The van der Waals surface area contributed by atoms with Gasteiger partial charge in [0.2, 0.25) is 5.41 Å². The highest BCUT2D eigenvalue weighted by Crippen LogP contribution is 2.56. The Morgan fingerprint density at radius 1 is 0.548 bits per heavy atom. The molecule has 0 amide bonds. The lowest BCUT2D eigenvalue weighted by Gasteiger charge is -2.38. The molecule has 172 valence electrons. The SMILES string of the molecule is O=S(=O)(F)Oc1ccc(C(c2ccc(OS(=O)(=O)F)cc2)(C(F)(F)F)C(F)(F)F)cc1. The van der Waals surface area contributed by atoms with Crippen LogP contribution in [0.25, 0.3) is 0 Å². The van der Waals surface area contributed by atoms with Gasteiger partial charge in [-0.15, -0.1) is 0 Å². The predicted molar refractivity (Wildman–Crippen MR) is 87.1 cm³/mol. The Bertz CT molecular complexity index is 1040. The molecule has 2 aromatic carbocycles. The number of hydrogen-bond donors (Lipinski definition) is 0. The van der Waals surface area contributed by atoms with Gasteiger partial charge >= 0.3 is 33.4 Å². The maximum absolute atomic E-state index is 13.9. The molecule has 0 unspecified atom stereocenters. The first-order valence-corrected chi connectivity index (χ1v) is 10.1. The minimum absolute atomic E-state index is 0.220. The minimum Gasteiger partial charge on any atom is -0.358 e. The molecule has 31 heavy (non-hydrogen) atoms. The Labute approximate surface area is 169 Å². The Morgan fingerprint density at radius 3 is 1.00 bits per heavy atom. The molecule has 0 saturated heterocycles. The Morgan fingerprint density at radius 2 is 0.806 bits per heavy atom. The molecule has 0 bridgehead atoms. The normalized spacial score (nSPS) is 13.7. The van der Waals surface area contributed by atoms with E-state index in [1.807, 2.05) is 0 Å². The van der Waals surface area contributed by atoms with Crippen LogP contribution in [0.2, 0.25) is 0 Å². The van der Waals surface area contributed by atoms with E-state index in [0.29, 0.717) is 24.3 Å². The van der Waals surface area contributed by atoms with Gasteiger partial charge in [0, 0.05) is 0 Å². The molecule has 0 aliphatic heterocycles. The van der Waals surface area contributed by atoms with E-state index in [1.165, 1.54) is 0 Å². The van der Waals surface area contributed by atoms with Crippen LogP contribution in [-0.2, 0) is 26.4 Å². The number of rotatable bonds is 6. The molecule has 0 heterocycles. The third-order valence-corrected chi connectivity index (χ3v) is 4.60. The Kier molecular flexibility index (Phi) is 6.21. The number of halogens is 8. The van der Waals surface area contributed by atoms with E-state index in [-0.39, 0.29) is 24.3 Å². The van der Waals surface area contributed by atoms with E-state index in [1.54, 1.807) is 0 Å². The first-order chi connectivity index (χ1) is 13.9. The average Bonchev–Trinajstić information content (AvgIpc) is 2.53. The van der Waals surface area contributed by atoms with E-state index in [0.717, 1.165) is 0 Å². The molecular weight excluding hydrogens is 492 g/mol. The van der Waals surface area contributed by atoms with Gasteiger partial charge in [-0.1, -0.05) is 32.0 Å². The molecule has 2 rings (SSSR count). The zero-order valence-corrected chi connectivity index (χ0v) is 16.0. The fourth-order valence-corrected chi connectivity index (χ4v) is 3.41. The average molecular weight is 500 g/mol. The van der Waals surface area contributed by atoms with Gasteiger partial charge in [0.05, 0.1) is 0 Å². The third kappa shape index (κ3) is 5.36. The highest BCUT2D eigenvalue weighted by Gasteiger charge is 2.72. The van der Waals surface area contributed by atoms with Gasteiger partial charge in [0.1, 0.15) is 11.5 Å². The van der Waals surface area contributed by atoms with Gasteiger partial charge in [0.25, 0.3) is 0 Å². The lowest BCUT2D eigenvalue weighted by molar-refractivity contribution is -0.288.